The molecule has 162 valence electrons. The number of hydrogen-bond donors (Lipinski definition) is 2. The maximum Gasteiger partial charge on any atom is 0.249 e. The number of nitrogens with two attached hydrogens (primary N) is 1. The Labute approximate surface area is 176 Å². The van der Waals surface area contributed by atoms with Crippen molar-refractivity contribution in [3.05, 3.63) is 34.9 Å². The first kappa shape index (κ1) is 21.0. The van der Waals surface area contributed by atoms with E-state index in [2.05, 4.69) is 16.9 Å². The molecule has 1 aliphatic carbocycles. The van der Waals surface area contributed by atoms with E-state index in [4.69, 9.17) is 10.5 Å². The van der Waals surface area contributed by atoms with Gasteiger partial charge in [-0.2, -0.15) is 0 Å². The summed E-state index contributed by atoms with van der Waals surface area (Å²) < 4.78 is 21.1. The Hall–Kier alpha value is -2.25. The number of ether oxygens (including phenoxy) is 1. The summed E-state index contributed by atoms with van der Waals surface area (Å²) in [7, 11) is 3.41. The number of benzene rings is 1. The lowest BCUT2D eigenvalue weighted by Crippen LogP contribution is -2.27. The number of halogens is 1. The third-order valence-corrected chi connectivity index (χ3v) is 6.59. The summed E-state index contributed by atoms with van der Waals surface area (Å²) >= 11 is 0. The molecule has 0 spiro atoms. The molecule has 0 saturated heterocycles. The Morgan fingerprint density at radius 2 is 2.03 bits per heavy atom. The van der Waals surface area contributed by atoms with E-state index < -0.39 is 5.82 Å². The predicted octanol–water partition coefficient (Wildman–Crippen LogP) is 3.79. The van der Waals surface area contributed by atoms with Gasteiger partial charge >= 0.3 is 0 Å². The van der Waals surface area contributed by atoms with Crippen molar-refractivity contribution in [2.24, 2.45) is 17.6 Å². The lowest BCUT2D eigenvalue weighted by atomic mass is 9.79. The third kappa shape index (κ3) is 3.88. The summed E-state index contributed by atoms with van der Waals surface area (Å²) in [5, 5.41) is 0. The number of fused-ring (bicyclic) bond motifs is 1. The van der Waals surface area contributed by atoms with Gasteiger partial charge in [-0.1, -0.05) is 19.8 Å². The van der Waals surface area contributed by atoms with Crippen LogP contribution in [-0.4, -0.2) is 48.1 Å². The van der Waals surface area contributed by atoms with Gasteiger partial charge in [0, 0.05) is 31.7 Å². The minimum absolute atomic E-state index is 0.107. The van der Waals surface area contributed by atoms with Gasteiger partial charge < -0.3 is 20.4 Å². The molecule has 1 unspecified atom stereocenters. The first-order valence-corrected chi connectivity index (χ1v) is 10.8. The molecular weight excluding hydrogens is 383 g/mol. The molecule has 1 aliphatic heterocycles. The Morgan fingerprint density at radius 3 is 2.73 bits per heavy atom. The van der Waals surface area contributed by atoms with E-state index in [-0.39, 0.29) is 24.1 Å². The van der Waals surface area contributed by atoms with Gasteiger partial charge in [-0.3, -0.25) is 4.79 Å². The SMILES string of the molecule is CC1CCC(C(N)c2nc3c(F)c(C4=C(C(=O)N(C)C)CCOC4)ccc3[nH]2)CC1. The molecule has 1 saturated carbocycles. The molecule has 1 aromatic carbocycles. The summed E-state index contributed by atoms with van der Waals surface area (Å²) in [6, 6.07) is 3.30. The number of carbonyl (C=O) groups is 1. The number of H-pyrrole nitrogens is 1. The highest BCUT2D eigenvalue weighted by Gasteiger charge is 2.28. The molecule has 2 aromatic rings. The lowest BCUT2D eigenvalue weighted by Gasteiger charge is -2.29. The fourth-order valence-electron chi connectivity index (χ4n) is 4.65. The number of amides is 1. The standard InChI is InChI=1S/C23H31FN4O2/c1-13-4-6-14(7-5-13)20(25)22-26-18-9-8-15(19(24)21(18)27-22)17-12-30-11-10-16(17)23(29)28(2)3/h8-9,13-14,20H,4-7,10-12,25H2,1-3H3,(H,26,27). The van der Waals surface area contributed by atoms with Crippen molar-refractivity contribution in [1.82, 2.24) is 14.9 Å². The van der Waals surface area contributed by atoms with Gasteiger partial charge in [0.15, 0.2) is 5.82 Å². The van der Waals surface area contributed by atoms with Crippen molar-refractivity contribution in [2.45, 2.75) is 45.1 Å². The third-order valence-electron chi connectivity index (χ3n) is 6.59. The largest absolute Gasteiger partial charge is 0.376 e. The zero-order valence-corrected chi connectivity index (χ0v) is 18.0. The van der Waals surface area contributed by atoms with Crippen LogP contribution in [0.1, 0.15) is 56.5 Å². The molecule has 1 atom stereocenters. The van der Waals surface area contributed by atoms with Gasteiger partial charge in [-0.05, 0) is 42.4 Å². The van der Waals surface area contributed by atoms with Crippen LogP contribution in [0.3, 0.4) is 0 Å². The van der Waals surface area contributed by atoms with E-state index >= 15 is 4.39 Å². The molecular formula is C23H31FN4O2. The van der Waals surface area contributed by atoms with Crippen LogP contribution in [0.25, 0.3) is 16.6 Å². The topological polar surface area (TPSA) is 84.2 Å². The second kappa shape index (κ2) is 8.47. The molecule has 0 radical (unpaired) electrons. The number of imidazole rings is 1. The second-order valence-electron chi connectivity index (χ2n) is 8.95. The van der Waals surface area contributed by atoms with E-state index in [1.54, 1.807) is 20.2 Å². The highest BCUT2D eigenvalue weighted by molar-refractivity contribution is 6.02. The predicted molar refractivity (Wildman–Crippen MR) is 115 cm³/mol. The zero-order chi connectivity index (χ0) is 21.4. The number of carbonyl (C=O) groups excluding carboxylic acids is 1. The van der Waals surface area contributed by atoms with Crippen LogP contribution >= 0.6 is 0 Å². The molecule has 1 amide bonds. The van der Waals surface area contributed by atoms with Crippen molar-refractivity contribution in [1.29, 1.82) is 0 Å². The Kier molecular flexibility index (Phi) is 5.93. The lowest BCUT2D eigenvalue weighted by molar-refractivity contribution is -0.125. The molecule has 1 aromatic heterocycles. The van der Waals surface area contributed by atoms with Gasteiger partial charge in [0.25, 0.3) is 0 Å². The molecule has 2 aliphatic rings. The first-order chi connectivity index (χ1) is 14.4. The van der Waals surface area contributed by atoms with Crippen LogP contribution in [0.4, 0.5) is 4.39 Å². The number of hydrogen-bond acceptors (Lipinski definition) is 4. The number of likely N-dealkylation sites (N-methyl/N-ethyl adjacent to an activating group) is 1. The Morgan fingerprint density at radius 1 is 1.30 bits per heavy atom. The fraction of sp³-hybridized carbons (Fsp3) is 0.565. The van der Waals surface area contributed by atoms with Crippen LogP contribution in [-0.2, 0) is 9.53 Å². The van der Waals surface area contributed by atoms with Crippen LogP contribution < -0.4 is 5.73 Å². The monoisotopic (exact) mass is 414 g/mol. The normalized spacial score (nSPS) is 23.6. The molecule has 30 heavy (non-hydrogen) atoms. The molecule has 4 rings (SSSR count). The summed E-state index contributed by atoms with van der Waals surface area (Å²) in [6.07, 6.45) is 4.98. The number of nitrogens with one attached hydrogen (secondary N) is 1. The van der Waals surface area contributed by atoms with Crippen molar-refractivity contribution < 1.29 is 13.9 Å². The van der Waals surface area contributed by atoms with Gasteiger partial charge in [0.05, 0.1) is 24.8 Å². The van der Waals surface area contributed by atoms with Crippen molar-refractivity contribution in [3.63, 3.8) is 0 Å². The maximum absolute atomic E-state index is 15.5. The molecule has 7 heteroatoms. The maximum atomic E-state index is 15.5. The van der Waals surface area contributed by atoms with Crippen LogP contribution in [0, 0.1) is 17.7 Å². The van der Waals surface area contributed by atoms with Gasteiger partial charge in [-0.25, -0.2) is 9.37 Å². The molecule has 3 N–H and O–H groups in total. The average Bonchev–Trinajstić information content (AvgIpc) is 3.19. The van der Waals surface area contributed by atoms with Gasteiger partial charge in [0.1, 0.15) is 11.3 Å². The van der Waals surface area contributed by atoms with E-state index in [9.17, 15) is 4.79 Å². The first-order valence-electron chi connectivity index (χ1n) is 10.8. The summed E-state index contributed by atoms with van der Waals surface area (Å²) in [5.74, 6) is 1.21. The van der Waals surface area contributed by atoms with E-state index in [1.807, 2.05) is 6.07 Å². The highest BCUT2D eigenvalue weighted by Crippen LogP contribution is 2.36. The zero-order valence-electron chi connectivity index (χ0n) is 18.0. The summed E-state index contributed by atoms with van der Waals surface area (Å²) in [6.45, 7) is 2.96. The smallest absolute Gasteiger partial charge is 0.249 e. The van der Waals surface area contributed by atoms with Crippen molar-refractivity contribution in [3.8, 4) is 0 Å². The minimum atomic E-state index is -0.427. The molecule has 0 bridgehead atoms. The number of nitrogens with zero attached hydrogens (tertiary/aromatic N) is 2. The van der Waals surface area contributed by atoms with Crippen LogP contribution in [0.5, 0.6) is 0 Å². The minimum Gasteiger partial charge on any atom is -0.376 e. The van der Waals surface area contributed by atoms with E-state index in [0.29, 0.717) is 47.0 Å². The van der Waals surface area contributed by atoms with Crippen LogP contribution in [0.2, 0.25) is 0 Å². The Bertz CT molecular complexity index is 973. The van der Waals surface area contributed by atoms with Crippen molar-refractivity contribution in [2.75, 3.05) is 27.3 Å². The summed E-state index contributed by atoms with van der Waals surface area (Å²) in [5.41, 5.74) is 9.00. The molecule has 2 heterocycles. The second-order valence-corrected chi connectivity index (χ2v) is 8.95. The summed E-state index contributed by atoms with van der Waals surface area (Å²) in [4.78, 5) is 21.9. The highest BCUT2D eigenvalue weighted by atomic mass is 19.1. The van der Waals surface area contributed by atoms with Crippen LogP contribution in [0.15, 0.2) is 17.7 Å². The average molecular weight is 415 g/mol. The number of aromatic nitrogens is 2. The van der Waals surface area contributed by atoms with E-state index in [1.165, 1.54) is 17.7 Å². The van der Waals surface area contributed by atoms with Crippen molar-refractivity contribution >= 4 is 22.5 Å². The fourth-order valence-corrected chi connectivity index (χ4v) is 4.65. The Balaban J connectivity index is 1.70. The molecule has 6 nitrogen and oxygen atoms in total. The molecule has 1 fully saturated rings. The number of rotatable bonds is 4. The quantitative estimate of drug-likeness (QED) is 0.797. The van der Waals surface area contributed by atoms with E-state index in [0.717, 1.165) is 18.8 Å². The number of aromatic amines is 1. The van der Waals surface area contributed by atoms with Gasteiger partial charge in [0.2, 0.25) is 5.91 Å². The van der Waals surface area contributed by atoms with Gasteiger partial charge in [-0.15, -0.1) is 0 Å².